The number of rotatable bonds is 6. The number of hydrogen-bond donors (Lipinski definition) is 1. The fourth-order valence-corrected chi connectivity index (χ4v) is 2.91. The standard InChI is InChI=1S/C18H17ClN4O3/c1-11(15-5-3-4-6-16(15)19)20-12(2)17-21-22-18(26-17)13-7-9-14(10-8-13)23(24)25/h3-12,20H,1-2H3/t11-,12+/m0/s1. The van der Waals surface area contributed by atoms with Crippen molar-refractivity contribution in [3.63, 3.8) is 0 Å². The lowest BCUT2D eigenvalue weighted by Gasteiger charge is -2.18. The molecule has 1 heterocycles. The van der Waals surface area contributed by atoms with Crippen molar-refractivity contribution >= 4 is 17.3 Å². The average molecular weight is 373 g/mol. The molecule has 26 heavy (non-hydrogen) atoms. The lowest BCUT2D eigenvalue weighted by molar-refractivity contribution is -0.384. The Labute approximate surface area is 155 Å². The van der Waals surface area contributed by atoms with Crippen molar-refractivity contribution in [3.8, 4) is 11.5 Å². The lowest BCUT2D eigenvalue weighted by atomic mass is 10.1. The number of nitrogens with one attached hydrogen (secondary N) is 1. The Morgan fingerprint density at radius 2 is 1.77 bits per heavy atom. The Morgan fingerprint density at radius 1 is 1.08 bits per heavy atom. The first kappa shape index (κ1) is 18.0. The van der Waals surface area contributed by atoms with Gasteiger partial charge < -0.3 is 4.42 Å². The molecule has 7 nitrogen and oxygen atoms in total. The fraction of sp³-hybridized carbons (Fsp3) is 0.222. The largest absolute Gasteiger partial charge is 0.419 e. The predicted molar refractivity (Wildman–Crippen MR) is 97.8 cm³/mol. The van der Waals surface area contributed by atoms with Crippen LogP contribution in [0, 0.1) is 10.1 Å². The highest BCUT2D eigenvalue weighted by Crippen LogP contribution is 2.26. The molecule has 0 radical (unpaired) electrons. The minimum Gasteiger partial charge on any atom is -0.419 e. The highest BCUT2D eigenvalue weighted by Gasteiger charge is 2.19. The highest BCUT2D eigenvalue weighted by molar-refractivity contribution is 6.31. The molecule has 3 aromatic rings. The Morgan fingerprint density at radius 3 is 2.42 bits per heavy atom. The molecule has 0 saturated heterocycles. The molecule has 3 rings (SSSR count). The van der Waals surface area contributed by atoms with Gasteiger partial charge in [0.2, 0.25) is 11.8 Å². The number of hydrogen-bond acceptors (Lipinski definition) is 6. The number of halogens is 1. The summed E-state index contributed by atoms with van der Waals surface area (Å²) in [4.78, 5) is 10.3. The molecule has 0 fully saturated rings. The molecule has 8 heteroatoms. The van der Waals surface area contributed by atoms with Gasteiger partial charge in [-0.1, -0.05) is 29.8 Å². The summed E-state index contributed by atoms with van der Waals surface area (Å²) >= 11 is 6.23. The van der Waals surface area contributed by atoms with Gasteiger partial charge in [-0.25, -0.2) is 0 Å². The molecular formula is C18H17ClN4O3. The molecule has 0 spiro atoms. The van der Waals surface area contributed by atoms with Crippen LogP contribution in [-0.2, 0) is 0 Å². The maximum absolute atomic E-state index is 10.7. The van der Waals surface area contributed by atoms with Gasteiger partial charge >= 0.3 is 0 Å². The third-order valence-electron chi connectivity index (χ3n) is 4.01. The van der Waals surface area contributed by atoms with Gasteiger partial charge in [0.15, 0.2) is 0 Å². The van der Waals surface area contributed by atoms with Crippen LogP contribution in [0.4, 0.5) is 5.69 Å². The second-order valence-electron chi connectivity index (χ2n) is 5.88. The van der Waals surface area contributed by atoms with Gasteiger partial charge in [-0.15, -0.1) is 10.2 Å². The van der Waals surface area contributed by atoms with Gasteiger partial charge in [0.25, 0.3) is 5.69 Å². The van der Waals surface area contributed by atoms with E-state index in [1.165, 1.54) is 12.1 Å². The monoisotopic (exact) mass is 372 g/mol. The topological polar surface area (TPSA) is 94.1 Å². The van der Waals surface area contributed by atoms with E-state index in [2.05, 4.69) is 15.5 Å². The third kappa shape index (κ3) is 3.89. The van der Waals surface area contributed by atoms with Crippen LogP contribution < -0.4 is 5.32 Å². The van der Waals surface area contributed by atoms with E-state index in [0.29, 0.717) is 22.4 Å². The van der Waals surface area contributed by atoms with Crippen molar-refractivity contribution in [2.75, 3.05) is 0 Å². The summed E-state index contributed by atoms with van der Waals surface area (Å²) in [6, 6.07) is 13.4. The van der Waals surface area contributed by atoms with Crippen LogP contribution in [0.3, 0.4) is 0 Å². The molecule has 1 aromatic heterocycles. The second kappa shape index (κ2) is 7.63. The van der Waals surface area contributed by atoms with Crippen molar-refractivity contribution in [2.45, 2.75) is 25.9 Å². The van der Waals surface area contributed by atoms with Crippen molar-refractivity contribution in [2.24, 2.45) is 0 Å². The zero-order valence-corrected chi connectivity index (χ0v) is 15.0. The summed E-state index contributed by atoms with van der Waals surface area (Å²) < 4.78 is 5.71. The molecule has 1 N–H and O–H groups in total. The minimum absolute atomic E-state index is 0.00609. The molecule has 0 aliphatic carbocycles. The molecule has 0 aliphatic heterocycles. The van der Waals surface area contributed by atoms with Crippen LogP contribution >= 0.6 is 11.6 Å². The summed E-state index contributed by atoms with van der Waals surface area (Å²) in [6.45, 7) is 3.92. The number of aromatic nitrogens is 2. The van der Waals surface area contributed by atoms with Crippen molar-refractivity contribution in [3.05, 3.63) is 75.1 Å². The molecule has 2 atom stereocenters. The molecule has 0 saturated carbocycles. The number of nitrogens with zero attached hydrogens (tertiary/aromatic N) is 3. The highest BCUT2D eigenvalue weighted by atomic mass is 35.5. The average Bonchev–Trinajstić information content (AvgIpc) is 3.12. The number of nitro benzene ring substituents is 1. The van der Waals surface area contributed by atoms with Gasteiger partial charge in [-0.3, -0.25) is 15.4 Å². The van der Waals surface area contributed by atoms with Crippen LogP contribution in [0.2, 0.25) is 5.02 Å². The van der Waals surface area contributed by atoms with Gasteiger partial charge in [-0.2, -0.15) is 0 Å². The first-order valence-electron chi connectivity index (χ1n) is 8.04. The molecule has 0 amide bonds. The normalized spacial score (nSPS) is 13.3. The number of benzene rings is 2. The predicted octanol–water partition coefficient (Wildman–Crippen LogP) is 4.71. The smallest absolute Gasteiger partial charge is 0.269 e. The van der Waals surface area contributed by atoms with Crippen molar-refractivity contribution in [1.82, 2.24) is 15.5 Å². The van der Waals surface area contributed by atoms with E-state index >= 15 is 0 Å². The van der Waals surface area contributed by atoms with Crippen molar-refractivity contribution in [1.29, 1.82) is 0 Å². The molecule has 0 unspecified atom stereocenters. The SMILES string of the molecule is C[C@H](N[C@H](C)c1nnc(-c2ccc([N+](=O)[O-])cc2)o1)c1ccccc1Cl. The van der Waals surface area contributed by atoms with E-state index in [1.807, 2.05) is 38.1 Å². The summed E-state index contributed by atoms with van der Waals surface area (Å²) in [7, 11) is 0. The Kier molecular flexibility index (Phi) is 5.29. The summed E-state index contributed by atoms with van der Waals surface area (Å²) in [5.41, 5.74) is 1.62. The first-order chi connectivity index (χ1) is 12.5. The Bertz CT molecular complexity index is 911. The molecule has 0 bridgehead atoms. The van der Waals surface area contributed by atoms with Gasteiger partial charge in [0, 0.05) is 28.8 Å². The van der Waals surface area contributed by atoms with E-state index in [0.717, 1.165) is 5.56 Å². The van der Waals surface area contributed by atoms with Crippen LogP contribution in [0.5, 0.6) is 0 Å². The molecular weight excluding hydrogens is 356 g/mol. The first-order valence-corrected chi connectivity index (χ1v) is 8.42. The number of non-ortho nitro benzene ring substituents is 1. The molecule has 0 aliphatic rings. The van der Waals surface area contributed by atoms with Crippen LogP contribution in [0.25, 0.3) is 11.5 Å². The molecule has 134 valence electrons. The van der Waals surface area contributed by atoms with E-state index in [-0.39, 0.29) is 17.8 Å². The van der Waals surface area contributed by atoms with Crippen LogP contribution in [0.1, 0.15) is 37.4 Å². The van der Waals surface area contributed by atoms with Crippen molar-refractivity contribution < 1.29 is 9.34 Å². The van der Waals surface area contributed by atoms with Crippen LogP contribution in [-0.4, -0.2) is 15.1 Å². The maximum Gasteiger partial charge on any atom is 0.269 e. The van der Waals surface area contributed by atoms with Gasteiger partial charge in [0.05, 0.1) is 11.0 Å². The molecule has 2 aromatic carbocycles. The van der Waals surface area contributed by atoms with E-state index in [1.54, 1.807) is 12.1 Å². The van der Waals surface area contributed by atoms with Gasteiger partial charge in [-0.05, 0) is 37.6 Å². The zero-order valence-electron chi connectivity index (χ0n) is 14.2. The van der Waals surface area contributed by atoms with E-state index in [4.69, 9.17) is 16.0 Å². The minimum atomic E-state index is -0.453. The Balaban J connectivity index is 1.72. The zero-order chi connectivity index (χ0) is 18.7. The quantitative estimate of drug-likeness (QED) is 0.497. The van der Waals surface area contributed by atoms with E-state index < -0.39 is 4.92 Å². The van der Waals surface area contributed by atoms with E-state index in [9.17, 15) is 10.1 Å². The summed E-state index contributed by atoms with van der Waals surface area (Å²) in [6.07, 6.45) is 0. The van der Waals surface area contributed by atoms with Crippen LogP contribution in [0.15, 0.2) is 52.9 Å². The summed E-state index contributed by atoms with van der Waals surface area (Å²) in [5.74, 6) is 0.742. The number of nitro groups is 1. The van der Waals surface area contributed by atoms with Gasteiger partial charge in [0.1, 0.15) is 0 Å². The second-order valence-corrected chi connectivity index (χ2v) is 6.29. The maximum atomic E-state index is 10.7. The fourth-order valence-electron chi connectivity index (χ4n) is 2.61. The third-order valence-corrected chi connectivity index (χ3v) is 4.35. The summed E-state index contributed by atoms with van der Waals surface area (Å²) in [5, 5.41) is 22.9. The Hall–Kier alpha value is -2.77. The lowest BCUT2D eigenvalue weighted by Crippen LogP contribution is -2.23.